The van der Waals surface area contributed by atoms with Crippen LogP contribution < -0.4 is 0 Å². The Morgan fingerprint density at radius 3 is 2.27 bits per heavy atom. The van der Waals surface area contributed by atoms with Gasteiger partial charge >= 0.3 is 0 Å². The van der Waals surface area contributed by atoms with E-state index in [4.69, 9.17) is 0 Å². The molecular weight excluding hydrogens is 174 g/mol. The van der Waals surface area contributed by atoms with Crippen LogP contribution in [0.3, 0.4) is 0 Å². The minimum Gasteiger partial charge on any atom is -0.300 e. The molecule has 0 aliphatic carbocycles. The van der Waals surface area contributed by atoms with Crippen molar-refractivity contribution < 1.29 is 0 Å². The van der Waals surface area contributed by atoms with Gasteiger partial charge in [0, 0.05) is 17.3 Å². The normalized spacial score (nSPS) is 44.7. The van der Waals surface area contributed by atoms with Crippen LogP contribution in [-0.2, 0) is 0 Å². The van der Waals surface area contributed by atoms with Crippen molar-refractivity contribution in [2.75, 3.05) is 7.05 Å². The molecule has 11 heavy (non-hydrogen) atoms. The third-order valence-electron chi connectivity index (χ3n) is 3.20. The summed E-state index contributed by atoms with van der Waals surface area (Å²) in [5, 5.41) is 0.826. The quantitative estimate of drug-likeness (QED) is 0.497. The van der Waals surface area contributed by atoms with Crippen molar-refractivity contribution >= 4 is 22.5 Å². The van der Waals surface area contributed by atoms with Gasteiger partial charge in [-0.05, 0) is 32.7 Å². The number of rotatable bonds is 1. The summed E-state index contributed by atoms with van der Waals surface area (Å²) in [6.07, 6.45) is 5.57. The fraction of sp³-hybridized carbons (Fsp3) is 1.00. The summed E-state index contributed by atoms with van der Waals surface area (Å²) in [6, 6.07) is 1.75. The van der Waals surface area contributed by atoms with Crippen LogP contribution in [0.25, 0.3) is 0 Å². The lowest BCUT2D eigenvalue weighted by Crippen LogP contribution is -2.40. The van der Waals surface area contributed by atoms with Gasteiger partial charge in [-0.2, -0.15) is 0 Å². The first-order valence-electron chi connectivity index (χ1n) is 4.33. The van der Waals surface area contributed by atoms with E-state index < -0.39 is 0 Å². The zero-order chi connectivity index (χ0) is 7.84. The third kappa shape index (κ3) is 1.43. The predicted molar refractivity (Wildman–Crippen MR) is 54.2 cm³/mol. The molecule has 0 saturated carbocycles. The van der Waals surface area contributed by atoms with E-state index in [0.29, 0.717) is 0 Å². The van der Waals surface area contributed by atoms with Gasteiger partial charge in [0.05, 0.1) is 0 Å². The van der Waals surface area contributed by atoms with E-state index in [1.54, 1.807) is 10.8 Å². The number of nitrogens with zero attached hydrogens (tertiary/aromatic N) is 1. The average molecular weight is 189 g/mol. The molecule has 2 rings (SSSR count). The molecule has 1 nitrogen and oxygen atoms in total. The number of piperidine rings is 1. The molecule has 0 aromatic carbocycles. The summed E-state index contributed by atoms with van der Waals surface area (Å²) in [4.78, 5) is 2.57. The van der Waals surface area contributed by atoms with E-state index in [1.807, 2.05) is 0 Å². The van der Waals surface area contributed by atoms with Crippen LogP contribution in [0, 0.1) is 0 Å². The monoisotopic (exact) mass is 189 g/mol. The van der Waals surface area contributed by atoms with Gasteiger partial charge < -0.3 is 4.90 Å². The van der Waals surface area contributed by atoms with E-state index in [9.17, 15) is 0 Å². The molecule has 3 heteroatoms. The molecule has 0 N–H and O–H groups in total. The number of thiol groups is 1. The summed E-state index contributed by atoms with van der Waals surface area (Å²) in [6.45, 7) is 0. The summed E-state index contributed by atoms with van der Waals surface area (Å²) in [5.74, 6) is 0. The van der Waals surface area contributed by atoms with Gasteiger partial charge in [-0.1, -0.05) is 10.8 Å². The molecule has 2 heterocycles. The summed E-state index contributed by atoms with van der Waals surface area (Å²) < 4.78 is 0. The smallest absolute Gasteiger partial charge is 0.0178 e. The molecule has 0 unspecified atom stereocenters. The third-order valence-corrected chi connectivity index (χ3v) is 4.78. The van der Waals surface area contributed by atoms with Crippen LogP contribution in [-0.4, -0.2) is 29.3 Å². The average Bonchev–Trinajstić information content (AvgIpc) is 2.26. The van der Waals surface area contributed by atoms with Crippen molar-refractivity contribution in [3.63, 3.8) is 0 Å². The van der Waals surface area contributed by atoms with E-state index >= 15 is 0 Å². The predicted octanol–water partition coefficient (Wildman–Crippen LogP) is 2.19. The summed E-state index contributed by atoms with van der Waals surface area (Å²) in [7, 11) is 4.04. The van der Waals surface area contributed by atoms with Gasteiger partial charge in [0.15, 0.2) is 0 Å². The minimum atomic E-state index is 0.826. The Hall–Kier alpha value is 0.660. The molecule has 0 amide bonds. The second kappa shape index (κ2) is 3.19. The van der Waals surface area contributed by atoms with Crippen LogP contribution in [0.4, 0.5) is 0 Å². The van der Waals surface area contributed by atoms with E-state index in [0.717, 1.165) is 17.3 Å². The Bertz CT molecular complexity index is 137. The number of hydrogen-bond donors (Lipinski definition) is 1. The SMILES string of the molecule is CN1[C@@H]2CC[C@H]1C[C@@H](SS)C2. The Kier molecular flexibility index (Phi) is 2.40. The van der Waals surface area contributed by atoms with Gasteiger partial charge in [-0.25, -0.2) is 0 Å². The molecular formula is C8H15NS2. The molecule has 0 spiro atoms. The first-order valence-corrected chi connectivity index (χ1v) is 6.26. The topological polar surface area (TPSA) is 3.24 Å². The van der Waals surface area contributed by atoms with Crippen LogP contribution >= 0.6 is 22.5 Å². The second-order valence-corrected chi connectivity index (χ2v) is 5.26. The fourth-order valence-electron chi connectivity index (χ4n) is 2.45. The Morgan fingerprint density at radius 2 is 1.82 bits per heavy atom. The van der Waals surface area contributed by atoms with Crippen LogP contribution in [0.15, 0.2) is 0 Å². The van der Waals surface area contributed by atoms with Crippen LogP contribution in [0.1, 0.15) is 25.7 Å². The Labute approximate surface area is 77.7 Å². The lowest BCUT2D eigenvalue weighted by atomic mass is 10.0. The van der Waals surface area contributed by atoms with Gasteiger partial charge in [0.25, 0.3) is 0 Å². The molecule has 2 bridgehead atoms. The highest BCUT2D eigenvalue weighted by atomic mass is 33.1. The Balaban J connectivity index is 2.02. The number of hydrogen-bond acceptors (Lipinski definition) is 3. The molecule has 2 aliphatic heterocycles. The van der Waals surface area contributed by atoms with Gasteiger partial charge in [0.2, 0.25) is 0 Å². The first kappa shape index (κ1) is 8.27. The maximum Gasteiger partial charge on any atom is 0.0178 e. The molecule has 0 aromatic heterocycles. The second-order valence-electron chi connectivity index (χ2n) is 3.75. The van der Waals surface area contributed by atoms with Crippen molar-refractivity contribution in [1.29, 1.82) is 0 Å². The van der Waals surface area contributed by atoms with E-state index in [-0.39, 0.29) is 0 Å². The van der Waals surface area contributed by atoms with Crippen molar-refractivity contribution in [1.82, 2.24) is 4.90 Å². The largest absolute Gasteiger partial charge is 0.300 e. The van der Waals surface area contributed by atoms with E-state index in [1.165, 1.54) is 25.7 Å². The van der Waals surface area contributed by atoms with Gasteiger partial charge in [0.1, 0.15) is 0 Å². The molecule has 0 radical (unpaired) electrons. The highest BCUT2D eigenvalue weighted by Crippen LogP contribution is 2.39. The van der Waals surface area contributed by atoms with Crippen LogP contribution in [0.2, 0.25) is 0 Å². The fourth-order valence-corrected chi connectivity index (χ4v) is 3.58. The van der Waals surface area contributed by atoms with Crippen molar-refractivity contribution in [2.24, 2.45) is 0 Å². The Morgan fingerprint density at radius 1 is 1.27 bits per heavy atom. The van der Waals surface area contributed by atoms with Gasteiger partial charge in [-0.15, -0.1) is 11.7 Å². The summed E-state index contributed by atoms with van der Waals surface area (Å²) >= 11 is 4.30. The first-order chi connectivity index (χ1) is 5.31. The standard InChI is InChI=1S/C8H15NS2/c1-9-6-2-3-7(9)5-8(4-6)11-10/h6-8,10H,2-5H2,1H3/t6-,7+,8+. The molecule has 0 aromatic rings. The molecule has 64 valence electrons. The lowest BCUT2D eigenvalue weighted by Gasteiger charge is -2.35. The van der Waals surface area contributed by atoms with Gasteiger partial charge in [-0.3, -0.25) is 0 Å². The van der Waals surface area contributed by atoms with E-state index in [2.05, 4.69) is 23.6 Å². The zero-order valence-corrected chi connectivity index (χ0v) is 8.57. The molecule has 3 atom stereocenters. The summed E-state index contributed by atoms with van der Waals surface area (Å²) in [5.41, 5.74) is 0. The maximum atomic E-state index is 4.30. The highest BCUT2D eigenvalue weighted by molar-refractivity contribution is 8.68. The van der Waals surface area contributed by atoms with Crippen molar-refractivity contribution in [3.05, 3.63) is 0 Å². The molecule has 2 aliphatic rings. The zero-order valence-electron chi connectivity index (χ0n) is 6.86. The van der Waals surface area contributed by atoms with Crippen molar-refractivity contribution in [2.45, 2.75) is 43.0 Å². The van der Waals surface area contributed by atoms with Crippen molar-refractivity contribution in [3.8, 4) is 0 Å². The number of fused-ring (bicyclic) bond motifs is 2. The minimum absolute atomic E-state index is 0.826. The highest BCUT2D eigenvalue weighted by Gasteiger charge is 2.37. The maximum absolute atomic E-state index is 4.30. The lowest BCUT2D eigenvalue weighted by molar-refractivity contribution is 0.183. The molecule has 2 fully saturated rings. The van der Waals surface area contributed by atoms with Crippen LogP contribution in [0.5, 0.6) is 0 Å². The molecule has 2 saturated heterocycles.